The van der Waals surface area contributed by atoms with Crippen molar-refractivity contribution in [3.05, 3.63) is 0 Å². The normalized spacial score (nSPS) is 13.5. The zero-order valence-electron chi connectivity index (χ0n) is 13.0. The first-order valence-electron chi connectivity index (χ1n) is 6.92. The van der Waals surface area contributed by atoms with Crippen LogP contribution in [0.4, 0.5) is 0 Å². The highest BCUT2D eigenvalue weighted by molar-refractivity contribution is 7.46. The number of phosphoric acid groups is 1. The van der Waals surface area contributed by atoms with Crippen molar-refractivity contribution in [2.45, 2.75) is 39.7 Å². The van der Waals surface area contributed by atoms with Crippen LogP contribution in [0.2, 0.25) is 0 Å². The smallest absolute Gasteiger partial charge is 0.383 e. The van der Waals surface area contributed by atoms with Gasteiger partial charge in [0, 0.05) is 24.9 Å². The molecule has 22 heavy (non-hydrogen) atoms. The van der Waals surface area contributed by atoms with Gasteiger partial charge in [-0.2, -0.15) is 0 Å². The van der Waals surface area contributed by atoms with E-state index in [9.17, 15) is 19.3 Å². The summed E-state index contributed by atoms with van der Waals surface area (Å²) in [6, 6.07) is 0. The van der Waals surface area contributed by atoms with Crippen LogP contribution in [0.1, 0.15) is 33.6 Å². The molecule has 0 rings (SSSR count). The second-order valence-corrected chi connectivity index (χ2v) is 6.79. The molecule has 0 radical (unpaired) electrons. The first-order chi connectivity index (χ1) is 9.99. The van der Waals surface area contributed by atoms with Gasteiger partial charge in [0.05, 0.1) is 6.61 Å². The topological polar surface area (TPSA) is 145 Å². The molecule has 0 aromatic heterocycles. The molecule has 0 aliphatic heterocycles. The summed E-state index contributed by atoms with van der Waals surface area (Å²) in [6.07, 6.45) is -0.639. The van der Waals surface area contributed by atoms with Gasteiger partial charge in [-0.1, -0.05) is 20.8 Å². The number of phosphoric ester groups is 1. The molecular formula is C12H25N2O7P. The van der Waals surface area contributed by atoms with Crippen LogP contribution in [0.25, 0.3) is 0 Å². The minimum Gasteiger partial charge on any atom is -0.383 e. The predicted octanol–water partition coefficient (Wildman–Crippen LogP) is -0.485. The van der Waals surface area contributed by atoms with E-state index in [1.54, 1.807) is 0 Å². The second kappa shape index (κ2) is 9.22. The lowest BCUT2D eigenvalue weighted by atomic mass is 9.87. The zero-order valence-corrected chi connectivity index (χ0v) is 13.9. The lowest BCUT2D eigenvalue weighted by molar-refractivity contribution is -0.137. The van der Waals surface area contributed by atoms with Crippen molar-refractivity contribution in [1.29, 1.82) is 0 Å². The number of carbonyl (C=O) groups is 2. The molecule has 0 aliphatic rings. The fourth-order valence-corrected chi connectivity index (χ4v) is 1.93. The number of hydrogen-bond donors (Lipinski definition) is 5. The van der Waals surface area contributed by atoms with Crippen molar-refractivity contribution >= 4 is 19.6 Å². The van der Waals surface area contributed by atoms with Crippen molar-refractivity contribution in [2.24, 2.45) is 5.41 Å². The molecule has 2 amide bonds. The van der Waals surface area contributed by atoms with E-state index in [1.165, 1.54) is 13.8 Å². The maximum atomic E-state index is 11.8. The van der Waals surface area contributed by atoms with Crippen LogP contribution in [-0.4, -0.2) is 52.5 Å². The van der Waals surface area contributed by atoms with Crippen molar-refractivity contribution in [3.63, 3.8) is 0 Å². The molecule has 0 aromatic carbocycles. The quantitative estimate of drug-likeness (QED) is 0.338. The number of amides is 2. The first kappa shape index (κ1) is 21.0. The van der Waals surface area contributed by atoms with Crippen molar-refractivity contribution in [2.75, 3.05) is 19.7 Å². The Kier molecular flexibility index (Phi) is 8.80. The van der Waals surface area contributed by atoms with E-state index in [-0.39, 0.29) is 18.9 Å². The van der Waals surface area contributed by atoms with E-state index in [4.69, 9.17) is 9.79 Å². The summed E-state index contributed by atoms with van der Waals surface area (Å²) in [5.74, 6) is -0.941. The third kappa shape index (κ3) is 9.11. The van der Waals surface area contributed by atoms with Crippen LogP contribution in [0.5, 0.6) is 0 Å². The Morgan fingerprint density at radius 2 is 1.82 bits per heavy atom. The molecule has 0 saturated heterocycles. The van der Waals surface area contributed by atoms with Crippen molar-refractivity contribution in [3.8, 4) is 0 Å². The Hall–Kier alpha value is -0.990. The molecule has 130 valence electrons. The molecule has 9 nitrogen and oxygen atoms in total. The highest BCUT2D eigenvalue weighted by Crippen LogP contribution is 2.38. The van der Waals surface area contributed by atoms with E-state index >= 15 is 0 Å². The van der Waals surface area contributed by atoms with Gasteiger partial charge in [0.2, 0.25) is 11.8 Å². The molecule has 0 heterocycles. The molecular weight excluding hydrogens is 315 g/mol. The summed E-state index contributed by atoms with van der Waals surface area (Å²) in [5.41, 5.74) is -1.20. The number of rotatable bonds is 10. The molecule has 1 unspecified atom stereocenters. The molecule has 0 spiro atoms. The van der Waals surface area contributed by atoms with E-state index in [0.29, 0.717) is 6.54 Å². The molecule has 10 heteroatoms. The fourth-order valence-electron chi connectivity index (χ4n) is 1.43. The molecule has 0 fully saturated rings. The SMILES string of the molecule is CCCNC(=O)CCNC(=O)C(O)C(C)(C)COP(=O)(O)O. The summed E-state index contributed by atoms with van der Waals surface area (Å²) >= 11 is 0. The summed E-state index contributed by atoms with van der Waals surface area (Å²) in [5, 5.41) is 14.9. The largest absolute Gasteiger partial charge is 0.469 e. The van der Waals surface area contributed by atoms with Gasteiger partial charge in [0.1, 0.15) is 6.10 Å². The van der Waals surface area contributed by atoms with E-state index in [1.807, 2.05) is 6.92 Å². The summed E-state index contributed by atoms with van der Waals surface area (Å²) in [7, 11) is -4.67. The monoisotopic (exact) mass is 340 g/mol. The van der Waals surface area contributed by atoms with Gasteiger partial charge in [-0.15, -0.1) is 0 Å². The van der Waals surface area contributed by atoms with Crippen LogP contribution < -0.4 is 10.6 Å². The summed E-state index contributed by atoms with van der Waals surface area (Å²) in [4.78, 5) is 40.4. The van der Waals surface area contributed by atoms with E-state index in [0.717, 1.165) is 6.42 Å². The van der Waals surface area contributed by atoms with Crippen LogP contribution in [0, 0.1) is 5.41 Å². The molecule has 0 saturated carbocycles. The van der Waals surface area contributed by atoms with Gasteiger partial charge in [-0.25, -0.2) is 4.57 Å². The van der Waals surface area contributed by atoms with Crippen LogP contribution in [-0.2, 0) is 18.7 Å². The van der Waals surface area contributed by atoms with Gasteiger partial charge >= 0.3 is 7.82 Å². The lowest BCUT2D eigenvalue weighted by Crippen LogP contribution is -2.46. The van der Waals surface area contributed by atoms with Crippen molar-refractivity contribution < 1.29 is 33.6 Å². The molecule has 0 aromatic rings. The molecule has 1 atom stereocenters. The standard InChI is InChI=1S/C12H25N2O7P/c1-4-6-13-9(15)5-7-14-11(17)10(16)12(2,3)8-21-22(18,19)20/h10,16H,4-8H2,1-3H3,(H,13,15)(H,14,17)(H2,18,19,20). The number of aliphatic hydroxyl groups excluding tert-OH is 1. The Balaban J connectivity index is 4.24. The van der Waals surface area contributed by atoms with Gasteiger partial charge in [-0.3, -0.25) is 14.1 Å². The maximum Gasteiger partial charge on any atom is 0.469 e. The average Bonchev–Trinajstić information content (AvgIpc) is 2.41. The Labute approximate surface area is 129 Å². The van der Waals surface area contributed by atoms with Crippen LogP contribution >= 0.6 is 7.82 Å². The minimum absolute atomic E-state index is 0.0564. The predicted molar refractivity (Wildman–Crippen MR) is 78.7 cm³/mol. The number of carbonyl (C=O) groups excluding carboxylic acids is 2. The third-order valence-corrected chi connectivity index (χ3v) is 3.28. The molecule has 0 aliphatic carbocycles. The number of nitrogens with one attached hydrogen (secondary N) is 2. The lowest BCUT2D eigenvalue weighted by Gasteiger charge is -2.29. The Bertz CT molecular complexity index is 422. The first-order valence-corrected chi connectivity index (χ1v) is 8.45. The fraction of sp³-hybridized carbons (Fsp3) is 0.833. The average molecular weight is 340 g/mol. The second-order valence-electron chi connectivity index (χ2n) is 5.55. The van der Waals surface area contributed by atoms with Crippen molar-refractivity contribution in [1.82, 2.24) is 10.6 Å². The Morgan fingerprint density at radius 1 is 1.23 bits per heavy atom. The third-order valence-electron chi connectivity index (χ3n) is 2.82. The summed E-state index contributed by atoms with van der Waals surface area (Å²) in [6.45, 7) is 4.90. The Morgan fingerprint density at radius 3 is 2.32 bits per heavy atom. The molecule has 5 N–H and O–H groups in total. The van der Waals surface area contributed by atoms with E-state index in [2.05, 4.69) is 15.2 Å². The van der Waals surface area contributed by atoms with Gasteiger partial charge in [0.25, 0.3) is 0 Å². The highest BCUT2D eigenvalue weighted by atomic mass is 31.2. The zero-order chi connectivity index (χ0) is 17.4. The summed E-state index contributed by atoms with van der Waals surface area (Å²) < 4.78 is 15.0. The van der Waals surface area contributed by atoms with E-state index < -0.39 is 31.9 Å². The number of hydrogen-bond acceptors (Lipinski definition) is 5. The van der Waals surface area contributed by atoms with Gasteiger partial charge in [0.15, 0.2) is 0 Å². The van der Waals surface area contributed by atoms with Crippen LogP contribution in [0.15, 0.2) is 0 Å². The highest BCUT2D eigenvalue weighted by Gasteiger charge is 2.35. The maximum absolute atomic E-state index is 11.8. The van der Waals surface area contributed by atoms with Crippen LogP contribution in [0.3, 0.4) is 0 Å². The van der Waals surface area contributed by atoms with Gasteiger partial charge in [-0.05, 0) is 6.42 Å². The molecule has 0 bridgehead atoms. The minimum atomic E-state index is -4.67. The van der Waals surface area contributed by atoms with Gasteiger partial charge < -0.3 is 25.5 Å². The number of aliphatic hydroxyl groups is 1.